The Morgan fingerprint density at radius 3 is 1.07 bits per heavy atom. The number of carboxylic acid groups (broad SMARTS) is 3. The van der Waals surface area contributed by atoms with Crippen molar-refractivity contribution < 1.29 is 73.0 Å². The first-order valence-corrected chi connectivity index (χ1v) is 10.6. The molecule has 0 rings (SSSR count). The third kappa shape index (κ3) is 43.1. The number of carbonyl (C=O) groups is 8. The molecule has 0 bridgehead atoms. The fourth-order valence-corrected chi connectivity index (χ4v) is 0.828. The van der Waals surface area contributed by atoms with E-state index in [4.69, 9.17) is 54.8 Å². The van der Waals surface area contributed by atoms with Crippen LogP contribution < -0.4 is 45.9 Å². The Hall–Kier alpha value is -4.20. The van der Waals surface area contributed by atoms with Crippen molar-refractivity contribution in [2.45, 2.75) is 12.1 Å². The predicted molar refractivity (Wildman–Crippen MR) is 133 cm³/mol. The van der Waals surface area contributed by atoms with Crippen LogP contribution in [0.25, 0.3) is 0 Å². The molecule has 0 unspecified atom stereocenters. The van der Waals surface area contributed by atoms with Gasteiger partial charge >= 0.3 is 47.8 Å². The zero-order valence-corrected chi connectivity index (χ0v) is 21.7. The summed E-state index contributed by atoms with van der Waals surface area (Å²) in [5, 5.41) is 31.1. The Morgan fingerprint density at radius 2 is 0.854 bits per heavy atom. The highest BCUT2D eigenvalue weighted by Crippen LogP contribution is 1.89. The maximum Gasteiger partial charge on any atom is 0.334 e. The number of esters is 5. The summed E-state index contributed by atoms with van der Waals surface area (Å²) in [5.74, 6) is -7.24. The van der Waals surface area contributed by atoms with Crippen LogP contribution in [-0.4, -0.2) is 133 Å². The van der Waals surface area contributed by atoms with E-state index in [0.717, 1.165) is 0 Å². The molecule has 20 N–H and O–H groups in total. The molecule has 0 aliphatic rings. The van der Waals surface area contributed by atoms with Crippen LogP contribution in [0.15, 0.2) is 0 Å². The molecule has 0 fully saturated rings. The summed E-state index contributed by atoms with van der Waals surface area (Å²) in [6.45, 7) is -2.80. The van der Waals surface area contributed by atoms with Crippen LogP contribution in [-0.2, 0) is 52.6 Å². The van der Waals surface area contributed by atoms with E-state index in [1.807, 2.05) is 0 Å². The Balaban J connectivity index is -0.000000142. The number of hydrogen-bond donors (Lipinski definition) is 12. The van der Waals surface area contributed by atoms with E-state index >= 15 is 0 Å². The summed E-state index contributed by atoms with van der Waals surface area (Å²) in [5.41, 5.74) is 38.6. The Morgan fingerprint density at radius 1 is 0.537 bits per heavy atom. The zero-order valence-electron chi connectivity index (χ0n) is 21.7. The van der Waals surface area contributed by atoms with Gasteiger partial charge in [-0.1, -0.05) is 0 Å². The van der Waals surface area contributed by atoms with Crippen molar-refractivity contribution in [1.29, 1.82) is 0 Å². The van der Waals surface area contributed by atoms with E-state index in [1.165, 1.54) is 0 Å². The average Bonchev–Trinajstić information content (AvgIpc) is 2.95. The highest BCUT2D eigenvalue weighted by molar-refractivity contribution is 5.89. The Bertz CT molecular complexity index is 785. The minimum absolute atomic E-state index is 0.278. The molecular formula is C18H38N8O15. The Kier molecular flexibility index (Phi) is 36.4. The van der Waals surface area contributed by atoms with Crippen LogP contribution >= 0.6 is 0 Å². The smallest absolute Gasteiger partial charge is 0.334 e. The fourth-order valence-electron chi connectivity index (χ4n) is 0.828. The first-order valence-electron chi connectivity index (χ1n) is 10.6. The number of aliphatic hydroxyl groups is 1. The highest BCUT2D eigenvalue weighted by Gasteiger charge is 2.19. The van der Waals surface area contributed by atoms with Crippen molar-refractivity contribution in [3.63, 3.8) is 0 Å². The summed E-state index contributed by atoms with van der Waals surface area (Å²) < 4.78 is 12.7. The van der Waals surface area contributed by atoms with E-state index in [0.29, 0.717) is 0 Å². The number of rotatable bonds is 11. The van der Waals surface area contributed by atoms with Crippen LogP contribution in [0.3, 0.4) is 0 Å². The first kappa shape index (κ1) is 46.6. The monoisotopic (exact) mass is 606 g/mol. The van der Waals surface area contributed by atoms with Crippen LogP contribution in [0.5, 0.6) is 0 Å². The lowest BCUT2D eigenvalue weighted by Gasteiger charge is -2.09. The predicted octanol–water partition coefficient (Wildman–Crippen LogP) is -8.73. The Labute approximate surface area is 231 Å². The number of carboxylic acids is 3. The van der Waals surface area contributed by atoms with E-state index < -0.39 is 79.6 Å². The van der Waals surface area contributed by atoms with Crippen LogP contribution in [0.2, 0.25) is 0 Å². The molecule has 0 radical (unpaired) electrons. The molecule has 2 atom stereocenters. The molecule has 0 aliphatic heterocycles. The first-order chi connectivity index (χ1) is 18.9. The van der Waals surface area contributed by atoms with Gasteiger partial charge in [-0.2, -0.15) is 0 Å². The molecule has 0 saturated carbocycles. The molecule has 0 aromatic rings. The second-order valence-electron chi connectivity index (χ2n) is 6.07. The molecule has 0 aromatic carbocycles. The SMILES string of the molecule is NCC(=O)O.NCC(=O)O.NCC(=O)OC(=O)CN.NCC(=O)OC[C@H](N)C(=O)OC(=O)CN.N[C@@H](CO)C(=O)O. The quantitative estimate of drug-likeness (QED) is 0.0589. The largest absolute Gasteiger partial charge is 0.480 e. The molecule has 240 valence electrons. The molecule has 0 amide bonds. The molecule has 0 heterocycles. The molecule has 0 aromatic heterocycles. The number of hydrogen-bond acceptors (Lipinski definition) is 20. The van der Waals surface area contributed by atoms with Crippen LogP contribution in [0.1, 0.15) is 0 Å². The van der Waals surface area contributed by atoms with Crippen molar-refractivity contribution >= 4 is 47.8 Å². The van der Waals surface area contributed by atoms with Gasteiger partial charge in [0.25, 0.3) is 0 Å². The second-order valence-corrected chi connectivity index (χ2v) is 6.07. The summed E-state index contributed by atoms with van der Waals surface area (Å²) >= 11 is 0. The average molecular weight is 607 g/mol. The van der Waals surface area contributed by atoms with Crippen molar-refractivity contribution in [1.82, 2.24) is 0 Å². The van der Waals surface area contributed by atoms with E-state index in [2.05, 4.69) is 25.7 Å². The highest BCUT2D eigenvalue weighted by atomic mass is 16.6. The zero-order chi connectivity index (χ0) is 33.6. The van der Waals surface area contributed by atoms with Gasteiger partial charge in [0.2, 0.25) is 0 Å². The minimum atomic E-state index is -1.23. The van der Waals surface area contributed by atoms with Crippen LogP contribution in [0, 0.1) is 0 Å². The molecule has 0 saturated heterocycles. The van der Waals surface area contributed by atoms with Gasteiger partial charge in [0, 0.05) is 0 Å². The maximum atomic E-state index is 11.0. The lowest BCUT2D eigenvalue weighted by molar-refractivity contribution is -0.162. The van der Waals surface area contributed by atoms with Crippen molar-refractivity contribution in [3.8, 4) is 0 Å². The molecule has 23 nitrogen and oxygen atoms in total. The van der Waals surface area contributed by atoms with Gasteiger partial charge in [0.05, 0.1) is 45.9 Å². The fraction of sp³-hybridized carbons (Fsp3) is 0.556. The van der Waals surface area contributed by atoms with Gasteiger partial charge < -0.3 is 80.5 Å². The summed E-state index contributed by atoms with van der Waals surface area (Å²) in [7, 11) is 0. The molecule has 23 heteroatoms. The van der Waals surface area contributed by atoms with Gasteiger partial charge in [-0.15, -0.1) is 0 Å². The number of nitrogens with two attached hydrogens (primary N) is 8. The van der Waals surface area contributed by atoms with Gasteiger partial charge in [-0.05, 0) is 0 Å². The minimum Gasteiger partial charge on any atom is -0.480 e. The number of carbonyl (C=O) groups excluding carboxylic acids is 5. The van der Waals surface area contributed by atoms with Gasteiger partial charge in [-0.25, -0.2) is 4.79 Å². The number of ether oxygens (including phenoxy) is 3. The summed E-state index contributed by atoms with van der Waals surface area (Å²) in [6, 6.07) is -2.35. The van der Waals surface area contributed by atoms with Crippen molar-refractivity contribution in [2.24, 2.45) is 45.9 Å². The van der Waals surface area contributed by atoms with E-state index in [-0.39, 0.29) is 32.7 Å². The molecule has 41 heavy (non-hydrogen) atoms. The van der Waals surface area contributed by atoms with Gasteiger partial charge in [0.1, 0.15) is 18.7 Å². The summed E-state index contributed by atoms with van der Waals surface area (Å²) in [6.07, 6.45) is 0. The van der Waals surface area contributed by atoms with E-state index in [9.17, 15) is 38.4 Å². The summed E-state index contributed by atoms with van der Waals surface area (Å²) in [4.78, 5) is 80.6. The molecule has 0 spiro atoms. The lowest BCUT2D eigenvalue weighted by atomic mass is 10.3. The lowest BCUT2D eigenvalue weighted by Crippen LogP contribution is -2.40. The van der Waals surface area contributed by atoms with Gasteiger partial charge in [0.15, 0.2) is 0 Å². The number of aliphatic hydroxyl groups excluding tert-OH is 1. The topological polar surface area (TPSA) is 453 Å². The van der Waals surface area contributed by atoms with Crippen molar-refractivity contribution in [3.05, 3.63) is 0 Å². The third-order valence-electron chi connectivity index (χ3n) is 2.70. The van der Waals surface area contributed by atoms with Crippen LogP contribution in [0.4, 0.5) is 0 Å². The molecular weight excluding hydrogens is 568 g/mol. The van der Waals surface area contributed by atoms with E-state index in [1.54, 1.807) is 0 Å². The van der Waals surface area contributed by atoms with Gasteiger partial charge in [-0.3, -0.25) is 33.6 Å². The van der Waals surface area contributed by atoms with Crippen molar-refractivity contribution in [2.75, 3.05) is 52.5 Å². The second kappa shape index (κ2) is 32.0. The number of aliphatic carboxylic acids is 3. The normalized spacial score (nSPS) is 10.3. The maximum absolute atomic E-state index is 11.0. The standard InChI is InChI=1S/C7H13N3O5.C4H8N2O3.C3H7NO3.2C2H5NO2/c8-1-5(11)14-3-4(10)7(13)15-6(12)2-9;5-1-3(7)9-4(8)2-6;4-2(1-5)3(6)7;2*3-1-2(4)5/h4H,1-3,8-10H2;1-2,5-6H2;2,5H,1,4H2,(H,6,7);2*1,3H2,(H,4,5)/t4-;;2-;;/m0.0../s1. The molecule has 0 aliphatic carbocycles. The third-order valence-corrected chi connectivity index (χ3v) is 2.70.